The summed E-state index contributed by atoms with van der Waals surface area (Å²) < 4.78 is 7.67. The fraction of sp³-hybridized carbons (Fsp3) is 0.500. The molecular weight excluding hydrogens is 288 g/mol. The number of nitrogens with one attached hydrogen (secondary N) is 1. The van der Waals surface area contributed by atoms with E-state index in [9.17, 15) is 0 Å². The first-order valence-corrected chi connectivity index (χ1v) is 8.55. The number of aromatic nitrogens is 2. The van der Waals surface area contributed by atoms with Crippen molar-refractivity contribution in [1.82, 2.24) is 15.1 Å². The fourth-order valence-electron chi connectivity index (χ4n) is 3.56. The van der Waals surface area contributed by atoms with Crippen LogP contribution in [0.15, 0.2) is 30.5 Å². The summed E-state index contributed by atoms with van der Waals surface area (Å²) in [5, 5.41) is 8.18. The number of piperazine rings is 1. The summed E-state index contributed by atoms with van der Waals surface area (Å²) in [6.07, 6.45) is 5.90. The van der Waals surface area contributed by atoms with Crippen LogP contribution in [-0.2, 0) is 0 Å². The van der Waals surface area contributed by atoms with Crippen molar-refractivity contribution in [2.45, 2.75) is 25.2 Å². The highest BCUT2D eigenvalue weighted by atomic mass is 16.5. The Morgan fingerprint density at radius 2 is 1.91 bits per heavy atom. The van der Waals surface area contributed by atoms with E-state index in [2.05, 4.69) is 27.0 Å². The average molecular weight is 312 g/mol. The molecular formula is C18H24N4O. The highest BCUT2D eigenvalue weighted by molar-refractivity contribution is 5.57. The maximum atomic E-state index is 5.56. The zero-order valence-electron chi connectivity index (χ0n) is 13.7. The van der Waals surface area contributed by atoms with Crippen molar-refractivity contribution in [3.8, 4) is 11.4 Å². The SMILES string of the molecule is COc1ccccc1-n1ncc(N2CCNCC2)c1C1CCC1. The van der Waals surface area contributed by atoms with Gasteiger partial charge in [-0.15, -0.1) is 0 Å². The lowest BCUT2D eigenvalue weighted by Gasteiger charge is -2.33. The van der Waals surface area contributed by atoms with Crippen LogP contribution in [0.5, 0.6) is 5.75 Å². The van der Waals surface area contributed by atoms with Crippen molar-refractivity contribution in [2.75, 3.05) is 38.2 Å². The van der Waals surface area contributed by atoms with Gasteiger partial charge in [-0.2, -0.15) is 5.10 Å². The molecule has 1 saturated heterocycles. The fourth-order valence-corrected chi connectivity index (χ4v) is 3.56. The summed E-state index contributed by atoms with van der Waals surface area (Å²) in [6, 6.07) is 8.15. The van der Waals surface area contributed by atoms with Crippen LogP contribution in [0.1, 0.15) is 30.9 Å². The average Bonchev–Trinajstić information content (AvgIpc) is 2.98. The Balaban J connectivity index is 1.78. The third-order valence-electron chi connectivity index (χ3n) is 5.05. The molecule has 2 heterocycles. The second kappa shape index (κ2) is 6.24. The van der Waals surface area contributed by atoms with Crippen molar-refractivity contribution in [1.29, 1.82) is 0 Å². The summed E-state index contributed by atoms with van der Waals surface area (Å²) in [5.41, 5.74) is 3.71. The van der Waals surface area contributed by atoms with Crippen LogP contribution in [-0.4, -0.2) is 43.1 Å². The van der Waals surface area contributed by atoms with Crippen molar-refractivity contribution >= 4 is 5.69 Å². The van der Waals surface area contributed by atoms with Gasteiger partial charge in [0.15, 0.2) is 0 Å². The van der Waals surface area contributed by atoms with Gasteiger partial charge in [-0.3, -0.25) is 0 Å². The Bertz CT molecular complexity index is 671. The summed E-state index contributed by atoms with van der Waals surface area (Å²) >= 11 is 0. The van der Waals surface area contributed by atoms with Gasteiger partial charge in [0.2, 0.25) is 0 Å². The van der Waals surface area contributed by atoms with E-state index in [0.29, 0.717) is 5.92 Å². The smallest absolute Gasteiger partial charge is 0.144 e. The molecule has 0 unspecified atom stereocenters. The third kappa shape index (κ3) is 2.59. The molecule has 1 N–H and O–H groups in total. The van der Waals surface area contributed by atoms with Crippen LogP contribution in [0.4, 0.5) is 5.69 Å². The lowest BCUT2D eigenvalue weighted by Crippen LogP contribution is -2.44. The van der Waals surface area contributed by atoms with E-state index in [-0.39, 0.29) is 0 Å². The summed E-state index contributed by atoms with van der Waals surface area (Å²) in [4.78, 5) is 2.48. The highest BCUT2D eigenvalue weighted by Crippen LogP contribution is 2.42. The predicted octanol–water partition coefficient (Wildman–Crippen LogP) is 2.56. The molecule has 0 bridgehead atoms. The van der Waals surface area contributed by atoms with Crippen LogP contribution in [0, 0.1) is 0 Å². The maximum absolute atomic E-state index is 5.56. The van der Waals surface area contributed by atoms with Crippen molar-refractivity contribution in [3.05, 3.63) is 36.2 Å². The number of hydrogen-bond acceptors (Lipinski definition) is 4. The molecule has 4 rings (SSSR count). The number of ether oxygens (including phenoxy) is 1. The molecule has 1 aliphatic carbocycles. The predicted molar refractivity (Wildman–Crippen MR) is 91.8 cm³/mol. The van der Waals surface area contributed by atoms with Gasteiger partial charge in [0, 0.05) is 32.1 Å². The van der Waals surface area contributed by atoms with Gasteiger partial charge in [-0.25, -0.2) is 4.68 Å². The monoisotopic (exact) mass is 312 g/mol. The molecule has 0 atom stereocenters. The number of anilines is 1. The molecule has 1 saturated carbocycles. The first kappa shape index (κ1) is 14.6. The van der Waals surface area contributed by atoms with Crippen LogP contribution in [0.2, 0.25) is 0 Å². The zero-order valence-corrected chi connectivity index (χ0v) is 13.7. The normalized spacial score (nSPS) is 18.7. The van der Waals surface area contributed by atoms with Gasteiger partial charge in [0.05, 0.1) is 24.7 Å². The highest BCUT2D eigenvalue weighted by Gasteiger charge is 2.30. The molecule has 1 aromatic carbocycles. The van der Waals surface area contributed by atoms with E-state index in [1.165, 1.54) is 30.6 Å². The zero-order chi connectivity index (χ0) is 15.6. The largest absolute Gasteiger partial charge is 0.494 e. The van der Waals surface area contributed by atoms with E-state index in [0.717, 1.165) is 37.6 Å². The Labute approximate surface area is 137 Å². The van der Waals surface area contributed by atoms with E-state index >= 15 is 0 Å². The Morgan fingerprint density at radius 3 is 2.61 bits per heavy atom. The minimum Gasteiger partial charge on any atom is -0.494 e. The lowest BCUT2D eigenvalue weighted by atomic mass is 9.82. The molecule has 1 aliphatic heterocycles. The molecule has 122 valence electrons. The number of nitrogens with zero attached hydrogens (tertiary/aromatic N) is 3. The van der Waals surface area contributed by atoms with E-state index in [1.54, 1.807) is 7.11 Å². The van der Waals surface area contributed by atoms with Crippen LogP contribution in [0.3, 0.4) is 0 Å². The van der Waals surface area contributed by atoms with Crippen molar-refractivity contribution in [2.24, 2.45) is 0 Å². The molecule has 5 nitrogen and oxygen atoms in total. The van der Waals surface area contributed by atoms with Crippen molar-refractivity contribution < 1.29 is 4.74 Å². The number of hydrogen-bond donors (Lipinski definition) is 1. The molecule has 0 amide bonds. The second-order valence-corrected chi connectivity index (χ2v) is 6.36. The number of rotatable bonds is 4. The van der Waals surface area contributed by atoms with Gasteiger partial charge in [-0.05, 0) is 25.0 Å². The molecule has 1 aromatic heterocycles. The molecule has 0 radical (unpaired) electrons. The molecule has 2 aliphatic rings. The molecule has 2 fully saturated rings. The van der Waals surface area contributed by atoms with Gasteiger partial charge in [-0.1, -0.05) is 18.6 Å². The third-order valence-corrected chi connectivity index (χ3v) is 5.05. The summed E-state index contributed by atoms with van der Waals surface area (Å²) in [5.74, 6) is 1.50. The van der Waals surface area contributed by atoms with Crippen LogP contribution < -0.4 is 15.0 Å². The standard InChI is InChI=1S/C18H24N4O/c1-23-17-8-3-2-7-15(17)22-18(14-5-4-6-14)16(13-20-22)21-11-9-19-10-12-21/h2-3,7-8,13-14,19H,4-6,9-12H2,1H3. The lowest BCUT2D eigenvalue weighted by molar-refractivity contribution is 0.394. The summed E-state index contributed by atoms with van der Waals surface area (Å²) in [6.45, 7) is 4.20. The Morgan fingerprint density at radius 1 is 1.13 bits per heavy atom. The molecule has 0 spiro atoms. The first-order chi connectivity index (χ1) is 11.4. The van der Waals surface area contributed by atoms with Gasteiger partial charge >= 0.3 is 0 Å². The minimum atomic E-state index is 0.618. The van der Waals surface area contributed by atoms with Gasteiger partial charge < -0.3 is 15.0 Å². The van der Waals surface area contributed by atoms with Crippen LogP contribution in [0.25, 0.3) is 5.69 Å². The minimum absolute atomic E-state index is 0.618. The number of benzene rings is 1. The van der Waals surface area contributed by atoms with Gasteiger partial charge in [0.1, 0.15) is 11.4 Å². The summed E-state index contributed by atoms with van der Waals surface area (Å²) in [7, 11) is 1.72. The molecule has 5 heteroatoms. The molecule has 23 heavy (non-hydrogen) atoms. The maximum Gasteiger partial charge on any atom is 0.144 e. The number of methoxy groups -OCH3 is 1. The van der Waals surface area contributed by atoms with E-state index < -0.39 is 0 Å². The van der Waals surface area contributed by atoms with Gasteiger partial charge in [0.25, 0.3) is 0 Å². The quantitative estimate of drug-likeness (QED) is 0.942. The first-order valence-electron chi connectivity index (χ1n) is 8.55. The molecule has 2 aromatic rings. The van der Waals surface area contributed by atoms with Crippen LogP contribution >= 0.6 is 0 Å². The number of para-hydroxylation sites is 2. The Kier molecular flexibility index (Phi) is 3.95. The second-order valence-electron chi connectivity index (χ2n) is 6.36. The van der Waals surface area contributed by atoms with E-state index in [4.69, 9.17) is 9.84 Å². The van der Waals surface area contributed by atoms with Crippen molar-refractivity contribution in [3.63, 3.8) is 0 Å². The Hall–Kier alpha value is -2.01. The topological polar surface area (TPSA) is 42.3 Å². The van der Waals surface area contributed by atoms with E-state index in [1.807, 2.05) is 18.3 Å².